The van der Waals surface area contributed by atoms with Crippen LogP contribution in [0.15, 0.2) is 77.2 Å². The Morgan fingerprint density at radius 1 is 0.976 bits per heavy atom. The lowest BCUT2D eigenvalue weighted by atomic mass is 10.1. The number of ether oxygens (including phenoxy) is 1. The Bertz CT molecular complexity index is 1920. The number of imide groups is 1. The maximum Gasteiger partial charge on any atom is 0.335 e. The molecule has 4 aromatic carbocycles. The molecule has 11 heteroatoms. The number of carboxylic acid groups (broad SMARTS) is 1. The molecule has 9 nitrogen and oxygen atoms in total. The summed E-state index contributed by atoms with van der Waals surface area (Å²) in [5.74, 6) is -2.70. The summed E-state index contributed by atoms with van der Waals surface area (Å²) in [5.41, 5.74) is 3.86. The number of fused-ring (bicyclic) bond motifs is 2. The van der Waals surface area contributed by atoms with Crippen molar-refractivity contribution in [1.82, 2.24) is 4.98 Å². The number of anilines is 2. The predicted octanol–water partition coefficient (Wildman–Crippen LogP) is 6.51. The molecule has 2 N–H and O–H groups in total. The van der Waals surface area contributed by atoms with E-state index in [4.69, 9.17) is 20.8 Å². The number of oxazole rings is 1. The highest BCUT2D eigenvalue weighted by atomic mass is 35.5. The van der Waals surface area contributed by atoms with Gasteiger partial charge in [-0.3, -0.25) is 9.59 Å². The van der Waals surface area contributed by atoms with Crippen LogP contribution in [0.5, 0.6) is 0 Å². The first-order valence-corrected chi connectivity index (χ1v) is 13.1. The van der Waals surface area contributed by atoms with E-state index >= 15 is 0 Å². The third-order valence-electron chi connectivity index (χ3n) is 6.89. The summed E-state index contributed by atoms with van der Waals surface area (Å²) in [7, 11) is 1.58. The van der Waals surface area contributed by atoms with Gasteiger partial charge in [0.15, 0.2) is 5.58 Å². The molecule has 42 heavy (non-hydrogen) atoms. The Balaban J connectivity index is 1.41. The van der Waals surface area contributed by atoms with Crippen LogP contribution in [-0.2, 0) is 4.74 Å². The van der Waals surface area contributed by atoms with E-state index in [-0.39, 0.29) is 33.3 Å². The third kappa shape index (κ3) is 4.76. The van der Waals surface area contributed by atoms with Crippen molar-refractivity contribution in [1.29, 1.82) is 0 Å². The van der Waals surface area contributed by atoms with Crippen molar-refractivity contribution in [3.8, 4) is 22.6 Å². The molecule has 2 amide bonds. The van der Waals surface area contributed by atoms with Crippen LogP contribution in [0.25, 0.3) is 33.7 Å². The first-order valence-electron chi connectivity index (χ1n) is 12.7. The lowest BCUT2D eigenvalue weighted by Crippen LogP contribution is -2.29. The first-order chi connectivity index (χ1) is 20.2. The highest BCUT2D eigenvalue weighted by Crippen LogP contribution is 2.37. The number of carbonyl (C=O) groups is 3. The zero-order valence-electron chi connectivity index (χ0n) is 22.0. The number of amides is 2. The van der Waals surface area contributed by atoms with Crippen molar-refractivity contribution in [3.05, 3.63) is 100 Å². The second kappa shape index (κ2) is 10.7. The summed E-state index contributed by atoms with van der Waals surface area (Å²) < 4.78 is 24.9. The van der Waals surface area contributed by atoms with Crippen molar-refractivity contribution in [2.75, 3.05) is 30.5 Å². The van der Waals surface area contributed by atoms with Crippen LogP contribution in [-0.4, -0.2) is 48.1 Å². The Labute approximate surface area is 243 Å². The number of hydrogen-bond acceptors (Lipinski definition) is 7. The number of nitrogens with zero attached hydrogens (tertiary/aromatic N) is 2. The summed E-state index contributed by atoms with van der Waals surface area (Å²) in [5, 5.41) is 12.6. The Kier molecular flexibility index (Phi) is 6.93. The van der Waals surface area contributed by atoms with Gasteiger partial charge in [-0.2, -0.15) is 0 Å². The minimum atomic E-state index is -1.20. The van der Waals surface area contributed by atoms with Crippen LogP contribution in [0.3, 0.4) is 0 Å². The number of aromatic nitrogens is 1. The Morgan fingerprint density at radius 3 is 2.50 bits per heavy atom. The fraction of sp³-hybridized carbons (Fsp3) is 0.0968. The van der Waals surface area contributed by atoms with Crippen LogP contribution in [0.2, 0.25) is 5.02 Å². The zero-order valence-corrected chi connectivity index (χ0v) is 22.7. The number of benzene rings is 4. The van der Waals surface area contributed by atoms with E-state index in [1.807, 2.05) is 0 Å². The Morgan fingerprint density at radius 2 is 1.74 bits per heavy atom. The van der Waals surface area contributed by atoms with E-state index in [2.05, 4.69) is 10.3 Å². The van der Waals surface area contributed by atoms with Gasteiger partial charge in [0, 0.05) is 19.3 Å². The van der Waals surface area contributed by atoms with E-state index in [1.54, 1.807) is 49.6 Å². The molecule has 1 aromatic heterocycles. The number of carbonyl (C=O) groups excluding carboxylic acids is 2. The van der Waals surface area contributed by atoms with Crippen molar-refractivity contribution < 1.29 is 33.0 Å². The number of aromatic carboxylic acids is 1. The topological polar surface area (TPSA) is 122 Å². The molecule has 0 aliphatic carbocycles. The number of rotatable bonds is 8. The molecule has 0 spiro atoms. The summed E-state index contributed by atoms with van der Waals surface area (Å²) in [6.07, 6.45) is 0. The fourth-order valence-corrected chi connectivity index (χ4v) is 4.98. The van der Waals surface area contributed by atoms with Gasteiger partial charge in [-0.15, -0.1) is 0 Å². The quantitative estimate of drug-likeness (QED) is 0.156. The van der Waals surface area contributed by atoms with Crippen LogP contribution >= 0.6 is 11.6 Å². The maximum atomic E-state index is 13.7. The van der Waals surface area contributed by atoms with E-state index in [1.165, 1.54) is 30.3 Å². The number of carboxylic acids is 1. The maximum absolute atomic E-state index is 13.7. The lowest BCUT2D eigenvalue weighted by Gasteiger charge is -2.17. The van der Waals surface area contributed by atoms with E-state index in [0.29, 0.717) is 41.1 Å². The summed E-state index contributed by atoms with van der Waals surface area (Å²) in [6.45, 7) is 0.881. The second-order valence-electron chi connectivity index (χ2n) is 9.49. The molecule has 0 unspecified atom stereocenters. The van der Waals surface area contributed by atoms with Crippen LogP contribution < -0.4 is 10.2 Å². The molecule has 2 heterocycles. The monoisotopic (exact) mass is 585 g/mol. The van der Waals surface area contributed by atoms with Crippen LogP contribution in [0.4, 0.5) is 15.8 Å². The Hall–Kier alpha value is -5.06. The molecule has 5 aromatic rings. The van der Waals surface area contributed by atoms with Crippen LogP contribution in [0, 0.1) is 5.82 Å². The second-order valence-corrected chi connectivity index (χ2v) is 9.90. The standard InChI is InChI=1S/C31H21ClFN3O6/c1-41-11-10-34-25-8-5-19(36-29(37)20-6-2-18(31(39)40)12-21(20)30(36)38)15-22(25)28-35-26-14-17(4-9-27(26)42-28)16-3-7-24(33)23(32)13-16/h2-9,12-15,34H,10-11H2,1H3,(H,39,40). The highest BCUT2D eigenvalue weighted by molar-refractivity contribution is 6.35. The van der Waals surface area contributed by atoms with Gasteiger partial charge in [-0.25, -0.2) is 19.1 Å². The molecule has 0 bridgehead atoms. The van der Waals surface area contributed by atoms with E-state index in [9.17, 15) is 23.9 Å². The molecule has 0 radical (unpaired) electrons. The summed E-state index contributed by atoms with van der Waals surface area (Å²) >= 11 is 5.97. The average molecular weight is 586 g/mol. The van der Waals surface area contributed by atoms with Gasteiger partial charge >= 0.3 is 5.97 Å². The molecular weight excluding hydrogens is 565 g/mol. The van der Waals surface area contributed by atoms with Crippen LogP contribution in [0.1, 0.15) is 31.1 Å². The summed E-state index contributed by atoms with van der Waals surface area (Å²) in [6, 6.07) is 18.5. The summed E-state index contributed by atoms with van der Waals surface area (Å²) in [4.78, 5) is 43.6. The van der Waals surface area contributed by atoms with E-state index in [0.717, 1.165) is 10.5 Å². The molecule has 0 saturated carbocycles. The van der Waals surface area contributed by atoms with Crippen molar-refractivity contribution in [2.24, 2.45) is 0 Å². The lowest BCUT2D eigenvalue weighted by molar-refractivity contribution is 0.0696. The van der Waals surface area contributed by atoms with Gasteiger partial charge < -0.3 is 19.6 Å². The molecule has 6 rings (SSSR count). The van der Waals surface area contributed by atoms with Gasteiger partial charge in [0.1, 0.15) is 11.3 Å². The third-order valence-corrected chi connectivity index (χ3v) is 7.18. The van der Waals surface area contributed by atoms with Gasteiger partial charge in [0.05, 0.1) is 39.6 Å². The molecular formula is C31H21ClFN3O6. The molecule has 0 atom stereocenters. The van der Waals surface area contributed by atoms with Gasteiger partial charge in [-0.05, 0) is 71.8 Å². The minimum Gasteiger partial charge on any atom is -0.478 e. The molecule has 0 fully saturated rings. The molecule has 210 valence electrons. The SMILES string of the molecule is COCCNc1ccc(N2C(=O)c3ccc(C(=O)O)cc3C2=O)cc1-c1nc2cc(-c3ccc(F)c(Cl)c3)ccc2o1. The number of nitrogens with one attached hydrogen (secondary N) is 1. The average Bonchev–Trinajstić information content (AvgIpc) is 3.52. The smallest absolute Gasteiger partial charge is 0.335 e. The van der Waals surface area contributed by atoms with Gasteiger partial charge in [0.25, 0.3) is 11.8 Å². The molecule has 0 saturated heterocycles. The molecule has 1 aliphatic heterocycles. The van der Waals surface area contributed by atoms with Crippen molar-refractivity contribution in [2.45, 2.75) is 0 Å². The molecule has 1 aliphatic rings. The van der Waals surface area contributed by atoms with E-state index < -0.39 is 23.6 Å². The largest absolute Gasteiger partial charge is 0.478 e. The van der Waals surface area contributed by atoms with Gasteiger partial charge in [-0.1, -0.05) is 23.7 Å². The number of hydrogen-bond donors (Lipinski definition) is 2. The fourth-order valence-electron chi connectivity index (χ4n) is 4.80. The number of halogens is 2. The first kappa shape index (κ1) is 27.1. The van der Waals surface area contributed by atoms with Gasteiger partial charge in [0.2, 0.25) is 5.89 Å². The predicted molar refractivity (Wildman–Crippen MR) is 155 cm³/mol. The van der Waals surface area contributed by atoms with Crippen molar-refractivity contribution >= 4 is 51.9 Å². The minimum absolute atomic E-state index is 0.00405. The number of methoxy groups -OCH3 is 1. The normalized spacial score (nSPS) is 12.7. The highest BCUT2D eigenvalue weighted by Gasteiger charge is 2.37. The zero-order chi connectivity index (χ0) is 29.5. The van der Waals surface area contributed by atoms with Crippen molar-refractivity contribution in [3.63, 3.8) is 0 Å².